The van der Waals surface area contributed by atoms with E-state index in [0.29, 0.717) is 17.7 Å². The highest BCUT2D eigenvalue weighted by Crippen LogP contribution is 2.26. The Morgan fingerprint density at radius 1 is 1.33 bits per heavy atom. The van der Waals surface area contributed by atoms with Crippen LogP contribution in [0.3, 0.4) is 0 Å². The molecule has 21 heavy (non-hydrogen) atoms. The molecule has 0 saturated carbocycles. The van der Waals surface area contributed by atoms with E-state index >= 15 is 0 Å². The van der Waals surface area contributed by atoms with Gasteiger partial charge in [0.25, 0.3) is 0 Å². The van der Waals surface area contributed by atoms with E-state index in [1.165, 1.54) is 30.6 Å². The molecule has 0 amide bonds. The molecule has 1 heterocycles. The molecule has 118 valence electrons. The lowest BCUT2D eigenvalue weighted by Gasteiger charge is -2.23. The fourth-order valence-corrected chi connectivity index (χ4v) is 5.78. The molecule has 1 aromatic carbocycles. The van der Waals surface area contributed by atoms with Crippen LogP contribution in [0.2, 0.25) is 0 Å². The lowest BCUT2D eigenvalue weighted by atomic mass is 10.2. The van der Waals surface area contributed by atoms with Crippen molar-refractivity contribution in [3.05, 3.63) is 23.8 Å². The molecular weight excluding hydrogens is 314 g/mol. The van der Waals surface area contributed by atoms with Crippen molar-refractivity contribution < 1.29 is 21.6 Å². The van der Waals surface area contributed by atoms with Crippen LogP contribution >= 0.6 is 0 Å². The van der Waals surface area contributed by atoms with Crippen LogP contribution in [-0.2, 0) is 19.9 Å². The number of hydrogen-bond donors (Lipinski definition) is 0. The standard InChI is InChI=1S/C13H19NO5S2/c1-10-8-12(4-5-13(10)19-3)21(17,18)14(2)11-6-7-20(15,16)9-11/h4-5,8,11H,6-7,9H2,1-3H3/t11-/m0/s1. The van der Waals surface area contributed by atoms with E-state index in [9.17, 15) is 16.8 Å². The molecule has 1 aliphatic heterocycles. The summed E-state index contributed by atoms with van der Waals surface area (Å²) in [6.07, 6.45) is 0.340. The topological polar surface area (TPSA) is 80.8 Å². The minimum atomic E-state index is -3.71. The lowest BCUT2D eigenvalue weighted by Crippen LogP contribution is -2.37. The molecule has 1 aromatic rings. The van der Waals surface area contributed by atoms with Crippen LogP contribution in [0.5, 0.6) is 5.75 Å². The summed E-state index contributed by atoms with van der Waals surface area (Å²) in [4.78, 5) is 0.146. The van der Waals surface area contributed by atoms with Gasteiger partial charge in [-0.25, -0.2) is 16.8 Å². The Hall–Kier alpha value is -1.12. The minimum Gasteiger partial charge on any atom is -0.496 e. The van der Waals surface area contributed by atoms with Gasteiger partial charge in [-0.1, -0.05) is 0 Å². The molecule has 1 saturated heterocycles. The first-order valence-electron chi connectivity index (χ1n) is 6.50. The van der Waals surface area contributed by atoms with Crippen LogP contribution in [0.15, 0.2) is 23.1 Å². The summed E-state index contributed by atoms with van der Waals surface area (Å²) in [6, 6.07) is 4.11. The van der Waals surface area contributed by atoms with Gasteiger partial charge in [0.05, 0.1) is 23.5 Å². The van der Waals surface area contributed by atoms with Crippen molar-refractivity contribution >= 4 is 19.9 Å². The highest BCUT2D eigenvalue weighted by atomic mass is 32.2. The Labute approximate surface area is 125 Å². The maximum atomic E-state index is 12.6. The highest BCUT2D eigenvalue weighted by Gasteiger charge is 2.36. The van der Waals surface area contributed by atoms with Gasteiger partial charge in [0.2, 0.25) is 10.0 Å². The molecule has 8 heteroatoms. The van der Waals surface area contributed by atoms with Gasteiger partial charge in [-0.3, -0.25) is 0 Å². The molecule has 0 aliphatic carbocycles. The third-order valence-corrected chi connectivity index (χ3v) is 7.42. The summed E-state index contributed by atoms with van der Waals surface area (Å²) in [6.45, 7) is 1.76. The lowest BCUT2D eigenvalue weighted by molar-refractivity contribution is 0.393. The molecule has 1 aliphatic rings. The summed E-state index contributed by atoms with van der Waals surface area (Å²) >= 11 is 0. The quantitative estimate of drug-likeness (QED) is 0.814. The number of sulfone groups is 1. The first-order valence-corrected chi connectivity index (χ1v) is 9.76. The number of ether oxygens (including phenoxy) is 1. The van der Waals surface area contributed by atoms with E-state index < -0.39 is 25.9 Å². The van der Waals surface area contributed by atoms with Gasteiger partial charge in [0, 0.05) is 13.1 Å². The fourth-order valence-electron chi connectivity index (χ4n) is 2.44. The fraction of sp³-hybridized carbons (Fsp3) is 0.538. The molecule has 0 N–H and O–H groups in total. The Bertz CT molecular complexity index is 740. The van der Waals surface area contributed by atoms with E-state index in [1.807, 2.05) is 0 Å². The Kier molecular flexibility index (Phi) is 4.32. The minimum absolute atomic E-state index is 0.0408. The molecule has 0 aromatic heterocycles. The Morgan fingerprint density at radius 3 is 2.48 bits per heavy atom. The maximum Gasteiger partial charge on any atom is 0.243 e. The van der Waals surface area contributed by atoms with Crippen molar-refractivity contribution in [3.8, 4) is 5.75 Å². The summed E-state index contributed by atoms with van der Waals surface area (Å²) in [5.41, 5.74) is 0.714. The number of methoxy groups -OCH3 is 1. The van der Waals surface area contributed by atoms with Crippen LogP contribution in [0, 0.1) is 6.92 Å². The highest BCUT2D eigenvalue weighted by molar-refractivity contribution is 7.92. The normalized spacial score (nSPS) is 21.6. The first-order chi connectivity index (χ1) is 9.67. The second-order valence-electron chi connectivity index (χ2n) is 5.21. The number of rotatable bonds is 4. The molecular formula is C13H19NO5S2. The van der Waals surface area contributed by atoms with Crippen molar-refractivity contribution in [2.45, 2.75) is 24.3 Å². The average molecular weight is 333 g/mol. The van der Waals surface area contributed by atoms with E-state index in [4.69, 9.17) is 4.74 Å². The number of aryl methyl sites for hydroxylation is 1. The van der Waals surface area contributed by atoms with Crippen LogP contribution in [0.4, 0.5) is 0 Å². The number of hydrogen-bond acceptors (Lipinski definition) is 5. The van der Waals surface area contributed by atoms with E-state index in [-0.39, 0.29) is 16.4 Å². The largest absolute Gasteiger partial charge is 0.496 e. The zero-order valence-electron chi connectivity index (χ0n) is 12.2. The van der Waals surface area contributed by atoms with Crippen molar-refractivity contribution in [2.75, 3.05) is 25.7 Å². The predicted molar refractivity (Wildman–Crippen MR) is 79.7 cm³/mol. The van der Waals surface area contributed by atoms with Gasteiger partial charge in [-0.15, -0.1) is 0 Å². The van der Waals surface area contributed by atoms with Crippen molar-refractivity contribution in [1.82, 2.24) is 4.31 Å². The van der Waals surface area contributed by atoms with Crippen molar-refractivity contribution in [2.24, 2.45) is 0 Å². The third-order valence-electron chi connectivity index (χ3n) is 3.77. The second kappa shape index (κ2) is 5.58. The van der Waals surface area contributed by atoms with E-state index in [2.05, 4.69) is 0 Å². The molecule has 1 atom stereocenters. The molecule has 1 fully saturated rings. The third kappa shape index (κ3) is 3.22. The van der Waals surface area contributed by atoms with Gasteiger partial charge in [0.15, 0.2) is 9.84 Å². The van der Waals surface area contributed by atoms with Gasteiger partial charge in [-0.05, 0) is 37.1 Å². The number of sulfonamides is 1. The predicted octanol–water partition coefficient (Wildman–Crippen LogP) is 0.811. The average Bonchev–Trinajstić information content (AvgIpc) is 2.77. The smallest absolute Gasteiger partial charge is 0.243 e. The number of nitrogens with zero attached hydrogens (tertiary/aromatic N) is 1. The van der Waals surface area contributed by atoms with Crippen LogP contribution in [-0.4, -0.2) is 52.8 Å². The van der Waals surface area contributed by atoms with Gasteiger partial charge in [0.1, 0.15) is 5.75 Å². The van der Waals surface area contributed by atoms with Gasteiger partial charge < -0.3 is 4.74 Å². The first kappa shape index (κ1) is 16.3. The van der Waals surface area contributed by atoms with Crippen molar-refractivity contribution in [1.29, 1.82) is 0 Å². The molecule has 2 rings (SSSR count). The summed E-state index contributed by atoms with van der Waals surface area (Å²) in [5.74, 6) is 0.539. The SMILES string of the molecule is COc1ccc(S(=O)(=O)N(C)[C@H]2CCS(=O)(=O)C2)cc1C. The summed E-state index contributed by atoms with van der Waals surface area (Å²) in [7, 11) is -3.88. The van der Waals surface area contributed by atoms with Gasteiger partial charge >= 0.3 is 0 Å². The van der Waals surface area contributed by atoms with Crippen LogP contribution in [0.25, 0.3) is 0 Å². The molecule has 0 unspecified atom stereocenters. The zero-order valence-corrected chi connectivity index (χ0v) is 13.9. The van der Waals surface area contributed by atoms with Gasteiger partial charge in [-0.2, -0.15) is 4.31 Å². The molecule has 0 radical (unpaired) electrons. The monoisotopic (exact) mass is 333 g/mol. The summed E-state index contributed by atoms with van der Waals surface area (Å²) in [5, 5.41) is 0. The summed E-state index contributed by atoms with van der Waals surface area (Å²) < 4.78 is 54.4. The van der Waals surface area contributed by atoms with Crippen molar-refractivity contribution in [3.63, 3.8) is 0 Å². The van der Waals surface area contributed by atoms with E-state index in [1.54, 1.807) is 13.0 Å². The molecule has 0 spiro atoms. The second-order valence-corrected chi connectivity index (χ2v) is 9.44. The Balaban J connectivity index is 2.31. The molecule has 0 bridgehead atoms. The van der Waals surface area contributed by atoms with Crippen LogP contribution < -0.4 is 4.74 Å². The maximum absolute atomic E-state index is 12.6. The molecule has 6 nitrogen and oxygen atoms in total. The zero-order chi connectivity index (χ0) is 15.8. The van der Waals surface area contributed by atoms with E-state index in [0.717, 1.165) is 0 Å². The van der Waals surface area contributed by atoms with Crippen LogP contribution in [0.1, 0.15) is 12.0 Å². The Morgan fingerprint density at radius 2 is 2.00 bits per heavy atom. The number of benzene rings is 1.